The SMILES string of the molecule is C.CCC[CH2][Sn]([CH2]CCC)([CH2]CCC)[c]1ccnnc1.C[C@H](N)c1cc2cccc(-c3ccnnc3)c2c(=O)n1-c1cccc(F)c1.C[C@H](N)c1cc2cccc(Cl)c2c(=O)n1-c1cccc(F)c1.[C-]#[N+]c1cnc(N)nc1Cl.[C-]#[N+]c1cnc(N)nc1N[C@@H](C)c1cc2cccc(-c3ccnnc3)c2c(=O)n1-c1cccc(F)c1. The molecule has 0 aliphatic rings. The Morgan fingerprint density at radius 2 is 0.870 bits per heavy atom. The topological polar surface area (TPSA) is 320 Å². The predicted molar refractivity (Wildman–Crippen MR) is 457 cm³/mol. The van der Waals surface area contributed by atoms with Crippen molar-refractivity contribution in [1.29, 1.82) is 0 Å². The number of nitrogen functional groups attached to an aromatic ring is 2. The van der Waals surface area contributed by atoms with E-state index >= 15 is 0 Å². The molecule has 8 aromatic heterocycles. The van der Waals surface area contributed by atoms with Gasteiger partial charge in [-0.25, -0.2) is 42.8 Å². The van der Waals surface area contributed by atoms with Gasteiger partial charge in [-0.15, -0.1) is 0 Å². The number of aromatic nitrogens is 13. The smallest absolute Gasteiger partial charge is 0.264 e. The van der Waals surface area contributed by atoms with Crippen LogP contribution >= 0.6 is 23.2 Å². The maximum absolute atomic E-state index is 14.3. The first-order chi connectivity index (χ1) is 55.0. The van der Waals surface area contributed by atoms with E-state index in [4.69, 9.17) is 59.3 Å². The van der Waals surface area contributed by atoms with Crippen LogP contribution in [0.25, 0.3) is 81.3 Å². The molecule has 0 amide bonds. The average molecular weight is 1700 g/mol. The van der Waals surface area contributed by atoms with Crippen LogP contribution in [-0.2, 0) is 0 Å². The molecule has 0 saturated heterocycles. The fraction of sp³-hybridized carbons (Fsp3) is 0.221. The second-order valence-corrected chi connectivity index (χ2v) is 40.8. The van der Waals surface area contributed by atoms with Gasteiger partial charge in [0.15, 0.2) is 0 Å². The summed E-state index contributed by atoms with van der Waals surface area (Å²) in [6.07, 6.45) is 21.2. The molecule has 29 heteroatoms. The monoisotopic (exact) mass is 1690 g/mol. The summed E-state index contributed by atoms with van der Waals surface area (Å²) in [4.78, 5) is 62.1. The number of hydrogen-bond acceptors (Lipinski definition) is 18. The molecular formula is C86H87Cl2F3N20O3Sn. The number of nitrogens with one attached hydrogen (secondary N) is 1. The van der Waals surface area contributed by atoms with Gasteiger partial charge >= 0.3 is 123 Å². The Balaban J connectivity index is 0.000000172. The summed E-state index contributed by atoms with van der Waals surface area (Å²) in [5, 5.41) is 30.8. The van der Waals surface area contributed by atoms with Crippen molar-refractivity contribution in [3.8, 4) is 39.3 Å². The summed E-state index contributed by atoms with van der Waals surface area (Å²) in [6, 6.07) is 44.1. The molecule has 0 aliphatic heterocycles. The minimum Gasteiger partial charge on any atom is -0.371 e. The molecule has 0 saturated carbocycles. The fourth-order valence-corrected chi connectivity index (χ4v) is 29.4. The molecule has 8 heterocycles. The van der Waals surface area contributed by atoms with Gasteiger partial charge in [0.1, 0.15) is 28.4 Å². The van der Waals surface area contributed by atoms with Crippen molar-refractivity contribution in [3.05, 3.63) is 312 Å². The molecule has 6 aromatic carbocycles. The molecule has 3 atom stereocenters. The third-order valence-corrected chi connectivity index (χ3v) is 35.0. The number of halogens is 5. The molecule has 23 nitrogen and oxygen atoms in total. The molecule has 14 rings (SSSR count). The van der Waals surface area contributed by atoms with Crippen molar-refractivity contribution in [3.63, 3.8) is 0 Å². The molecule has 0 unspecified atom stereocenters. The van der Waals surface area contributed by atoms with Crippen molar-refractivity contribution >= 4 is 107 Å². The van der Waals surface area contributed by atoms with Gasteiger partial charge in [0.2, 0.25) is 23.3 Å². The molecular weight excluding hydrogens is 1610 g/mol. The van der Waals surface area contributed by atoms with E-state index < -0.39 is 47.9 Å². The van der Waals surface area contributed by atoms with Crippen LogP contribution in [0.3, 0.4) is 0 Å². The number of unbranched alkanes of at least 4 members (excludes halogenated alkanes) is 3. The first kappa shape index (κ1) is 86.8. The van der Waals surface area contributed by atoms with Gasteiger partial charge in [-0.1, -0.05) is 97.4 Å². The predicted octanol–water partition coefficient (Wildman–Crippen LogP) is 18.5. The molecule has 0 bridgehead atoms. The van der Waals surface area contributed by atoms with Crippen LogP contribution in [0, 0.1) is 30.6 Å². The molecule has 0 spiro atoms. The van der Waals surface area contributed by atoms with E-state index in [1.165, 1.54) is 114 Å². The summed E-state index contributed by atoms with van der Waals surface area (Å²) in [6.45, 7) is 26.3. The number of hydrogen-bond donors (Lipinski definition) is 5. The van der Waals surface area contributed by atoms with Crippen LogP contribution in [0.1, 0.15) is 123 Å². The van der Waals surface area contributed by atoms with E-state index in [0.717, 1.165) is 27.5 Å². The number of anilines is 3. The molecule has 0 fully saturated rings. The first-order valence-electron chi connectivity index (χ1n) is 36.8. The van der Waals surface area contributed by atoms with E-state index in [-0.39, 0.29) is 64.4 Å². The molecule has 14 aromatic rings. The number of benzene rings is 6. The number of nitrogens with two attached hydrogens (primary N) is 4. The van der Waals surface area contributed by atoms with E-state index in [1.807, 2.05) is 73.8 Å². The van der Waals surface area contributed by atoms with Crippen LogP contribution in [0.5, 0.6) is 0 Å². The summed E-state index contributed by atoms with van der Waals surface area (Å²) in [7, 11) is 0. The Hall–Kier alpha value is -12.2. The van der Waals surface area contributed by atoms with E-state index in [2.05, 4.69) is 98.6 Å². The molecule has 0 aliphatic carbocycles. The maximum Gasteiger partial charge on any atom is 0.264 e. The van der Waals surface area contributed by atoms with Crippen LogP contribution < -0.4 is 48.5 Å². The van der Waals surface area contributed by atoms with E-state index in [9.17, 15) is 27.6 Å². The second kappa shape index (κ2) is 41.0. The van der Waals surface area contributed by atoms with Gasteiger partial charge in [-0.2, -0.15) is 20.4 Å². The zero-order valence-electron chi connectivity index (χ0n) is 63.4. The van der Waals surface area contributed by atoms with Crippen LogP contribution in [-0.4, -0.2) is 82.6 Å². The third-order valence-electron chi connectivity index (χ3n) is 18.9. The number of fused-ring (bicyclic) bond motifs is 3. The van der Waals surface area contributed by atoms with Gasteiger partial charge in [0, 0.05) is 52.7 Å². The fourth-order valence-electron chi connectivity index (χ4n) is 13.4. The number of rotatable bonds is 20. The van der Waals surface area contributed by atoms with Crippen molar-refractivity contribution in [2.75, 3.05) is 16.8 Å². The van der Waals surface area contributed by atoms with Crippen molar-refractivity contribution in [2.45, 2.75) is 119 Å². The van der Waals surface area contributed by atoms with E-state index in [1.54, 1.807) is 103 Å². The van der Waals surface area contributed by atoms with Crippen molar-refractivity contribution < 1.29 is 13.2 Å². The minimum atomic E-state index is -2.20. The van der Waals surface area contributed by atoms with Crippen LogP contribution in [0.4, 0.5) is 42.3 Å². The molecule has 115 heavy (non-hydrogen) atoms. The van der Waals surface area contributed by atoms with Gasteiger partial charge in [0.25, 0.3) is 16.7 Å². The van der Waals surface area contributed by atoms with Gasteiger partial charge in [-0.05, 0) is 139 Å². The number of nitrogens with zero attached hydrogens (tertiary/aromatic N) is 15. The summed E-state index contributed by atoms with van der Waals surface area (Å²) < 4.78 is 52.1. The van der Waals surface area contributed by atoms with Crippen molar-refractivity contribution in [1.82, 2.24) is 64.2 Å². The third kappa shape index (κ3) is 21.2. The summed E-state index contributed by atoms with van der Waals surface area (Å²) in [5.74, 6) is -0.983. The quantitative estimate of drug-likeness (QED) is 0.0269. The zero-order chi connectivity index (χ0) is 81.6. The number of pyridine rings is 3. The zero-order valence-corrected chi connectivity index (χ0v) is 67.8. The standard InChI is InChI=1S/C26H19FN8O.C21H17FN4O.C17H14ClFN2O.C5H3ClN4.C4H3N2.3C4H9.CH4.Sn/c1-15(33-24-21(29-2)14-30-26(28)34-24)22-11-16-5-3-8-20(17-9-10-31-32-13-17)23(16)25(36)35(22)19-7-4-6-18(27)12-19;1-13(23)19-10-14-4-2-7-18(15-8-9-24-25-12-15)20(14)21(27)26(19)17-6-3-5-16(22)11-17;1-10(20)15-8-11-4-2-7-14(18)16(11)17(22)21(15)13-6-3-5-12(19)9-13;1-8-3-2-9-5(7)10-4(3)6;1-2-4-6-5-3-1;3*1-3-4-2;;/h3-15H,1H3,(H3,28,30,33,34);2-13H,23H2,1H3;2-10H,20H2,1H3;2H,(H2,7,9,10);1,3-4H;3*1,3-4H2,2H3;1H4;/t15-;13-;10-;;;;;;;/m000......./s1. The first-order valence-corrected chi connectivity index (χ1v) is 45.0. The van der Waals surface area contributed by atoms with Gasteiger partial charge in [-0.3, -0.25) is 28.1 Å². The Morgan fingerprint density at radius 3 is 1.27 bits per heavy atom. The Morgan fingerprint density at radius 1 is 0.478 bits per heavy atom. The molecule has 588 valence electrons. The van der Waals surface area contributed by atoms with Gasteiger partial charge in [0.05, 0.1) is 82.2 Å². The van der Waals surface area contributed by atoms with Crippen LogP contribution in [0.15, 0.2) is 228 Å². The van der Waals surface area contributed by atoms with Gasteiger partial charge < -0.3 is 28.3 Å². The maximum atomic E-state index is 14.3. The minimum absolute atomic E-state index is 0. The summed E-state index contributed by atoms with van der Waals surface area (Å²) in [5.41, 5.74) is 28.5. The Kier molecular flexibility index (Phi) is 31.0. The summed E-state index contributed by atoms with van der Waals surface area (Å²) >= 11 is 9.45. The van der Waals surface area contributed by atoms with E-state index in [0.29, 0.717) is 66.3 Å². The molecule has 9 N–H and O–H groups in total. The Bertz CT molecular complexity index is 5950. The Labute approximate surface area is 677 Å². The van der Waals surface area contributed by atoms with Crippen LogP contribution in [0.2, 0.25) is 23.5 Å². The largest absolute Gasteiger partial charge is 0.371 e. The van der Waals surface area contributed by atoms with Crippen molar-refractivity contribution in [2.24, 2.45) is 11.5 Å². The average Bonchev–Trinajstić information content (AvgIpc) is 0.762. The normalized spacial score (nSPS) is 11.6. The second-order valence-electron chi connectivity index (χ2n) is 26.8. The molecule has 0 radical (unpaired) electrons.